The molecule has 0 heterocycles. The maximum Gasteiger partial charge on any atom is 0.413 e. The molecule has 35 heavy (non-hydrogen) atoms. The molecule has 1 aliphatic rings. The van der Waals surface area contributed by atoms with Gasteiger partial charge in [-0.05, 0) is 52.0 Å². The highest BCUT2D eigenvalue weighted by Gasteiger charge is 2.48. The second-order valence-corrected chi connectivity index (χ2v) is 10.3. The molecular formula is C25H35ClN2O7. The quantitative estimate of drug-likeness (QED) is 0.414. The summed E-state index contributed by atoms with van der Waals surface area (Å²) in [4.78, 5) is 51.9. The molecule has 0 aromatic heterocycles. The third-order valence-corrected chi connectivity index (χ3v) is 6.13. The summed E-state index contributed by atoms with van der Waals surface area (Å²) in [6, 6.07) is 5.91. The zero-order valence-electron chi connectivity index (χ0n) is 21.2. The van der Waals surface area contributed by atoms with Crippen molar-refractivity contribution in [2.75, 3.05) is 13.8 Å². The molecule has 1 aromatic rings. The predicted molar refractivity (Wildman–Crippen MR) is 130 cm³/mol. The lowest BCUT2D eigenvalue weighted by atomic mass is 9.74. The first-order valence-corrected chi connectivity index (χ1v) is 12.0. The Morgan fingerprint density at radius 2 is 1.80 bits per heavy atom. The number of ketones is 1. The van der Waals surface area contributed by atoms with Gasteiger partial charge >= 0.3 is 18.2 Å². The van der Waals surface area contributed by atoms with Crippen molar-refractivity contribution in [3.63, 3.8) is 0 Å². The van der Waals surface area contributed by atoms with Crippen molar-refractivity contribution in [2.45, 2.75) is 77.5 Å². The predicted octanol–water partition coefficient (Wildman–Crippen LogP) is 4.80. The fourth-order valence-electron chi connectivity index (χ4n) is 4.04. The van der Waals surface area contributed by atoms with Crippen LogP contribution >= 0.6 is 11.6 Å². The van der Waals surface area contributed by atoms with Crippen molar-refractivity contribution in [3.8, 4) is 0 Å². The maximum absolute atomic E-state index is 13.1. The average Bonchev–Trinajstić information content (AvgIpc) is 2.76. The molecule has 2 rings (SSSR count). The SMILES string of the molecule is CC(C)[C@H](NC(=O)OC(C)(C)C)C(=O)OCOC(=O)N(C)[C@]1(c2ccccc2Cl)CCCCC1=O. The molecule has 0 saturated heterocycles. The van der Waals surface area contributed by atoms with Crippen LogP contribution in [0.3, 0.4) is 0 Å². The summed E-state index contributed by atoms with van der Waals surface area (Å²) in [5.41, 5.74) is -1.47. The van der Waals surface area contributed by atoms with E-state index in [9.17, 15) is 19.2 Å². The van der Waals surface area contributed by atoms with Gasteiger partial charge in [-0.25, -0.2) is 14.4 Å². The molecule has 1 aromatic carbocycles. The number of esters is 1. The van der Waals surface area contributed by atoms with Gasteiger partial charge in [-0.2, -0.15) is 0 Å². The largest absolute Gasteiger partial charge is 0.444 e. The highest BCUT2D eigenvalue weighted by molar-refractivity contribution is 6.31. The lowest BCUT2D eigenvalue weighted by Crippen LogP contribution is -2.54. The van der Waals surface area contributed by atoms with Gasteiger partial charge < -0.3 is 19.5 Å². The Hall–Kier alpha value is -2.81. The normalized spacial score (nSPS) is 19.0. The Kier molecular flexibility index (Phi) is 9.54. The summed E-state index contributed by atoms with van der Waals surface area (Å²) in [7, 11) is 1.47. The van der Waals surface area contributed by atoms with Gasteiger partial charge in [0.2, 0.25) is 6.79 Å². The molecule has 2 atom stereocenters. The Balaban J connectivity index is 2.07. The van der Waals surface area contributed by atoms with E-state index in [4.69, 9.17) is 25.8 Å². The van der Waals surface area contributed by atoms with E-state index in [1.807, 2.05) is 0 Å². The van der Waals surface area contributed by atoms with Gasteiger partial charge in [0.25, 0.3) is 0 Å². The van der Waals surface area contributed by atoms with Crippen LogP contribution in [0, 0.1) is 5.92 Å². The van der Waals surface area contributed by atoms with Crippen LogP contribution in [0.4, 0.5) is 9.59 Å². The first-order chi connectivity index (χ1) is 16.3. The standard InChI is InChI=1S/C25H35ClN2O7/c1-16(2)20(27-22(31)35-24(3,4)5)21(30)33-15-34-23(32)28(6)25(14-10-9-13-19(25)29)17-11-7-8-12-18(17)26/h7-8,11-12,16,20H,9-10,13-15H2,1-6H3,(H,27,31)/t20-,25-/m0/s1. The number of halogens is 1. The first-order valence-electron chi connectivity index (χ1n) is 11.6. The molecule has 1 N–H and O–H groups in total. The molecule has 1 aliphatic carbocycles. The van der Waals surface area contributed by atoms with Crippen molar-refractivity contribution in [1.29, 1.82) is 0 Å². The van der Waals surface area contributed by atoms with Gasteiger partial charge in [0.15, 0.2) is 5.78 Å². The molecule has 1 fully saturated rings. The summed E-state index contributed by atoms with van der Waals surface area (Å²) >= 11 is 6.41. The van der Waals surface area contributed by atoms with Gasteiger partial charge in [0, 0.05) is 24.1 Å². The fourth-order valence-corrected chi connectivity index (χ4v) is 4.33. The molecule has 10 heteroatoms. The Labute approximate surface area is 211 Å². The van der Waals surface area contributed by atoms with Crippen LogP contribution in [0.2, 0.25) is 5.02 Å². The Bertz CT molecular complexity index is 944. The fraction of sp³-hybridized carbons (Fsp3) is 0.600. The second kappa shape index (κ2) is 11.7. The van der Waals surface area contributed by atoms with E-state index in [2.05, 4.69) is 5.32 Å². The molecule has 0 aliphatic heterocycles. The third-order valence-electron chi connectivity index (χ3n) is 5.80. The number of alkyl carbamates (subject to hydrolysis) is 1. The monoisotopic (exact) mass is 510 g/mol. The highest BCUT2D eigenvalue weighted by atomic mass is 35.5. The van der Waals surface area contributed by atoms with Gasteiger partial charge in [0.1, 0.15) is 17.2 Å². The highest BCUT2D eigenvalue weighted by Crippen LogP contribution is 2.42. The van der Waals surface area contributed by atoms with E-state index >= 15 is 0 Å². The van der Waals surface area contributed by atoms with Gasteiger partial charge in [0.05, 0.1) is 0 Å². The van der Waals surface area contributed by atoms with Gasteiger partial charge in [-0.3, -0.25) is 9.69 Å². The minimum absolute atomic E-state index is 0.130. The molecular weight excluding hydrogens is 476 g/mol. The summed E-state index contributed by atoms with van der Waals surface area (Å²) in [6.45, 7) is 7.89. The maximum atomic E-state index is 13.1. The smallest absolute Gasteiger partial charge is 0.413 e. The minimum Gasteiger partial charge on any atom is -0.444 e. The van der Waals surface area contributed by atoms with E-state index in [0.717, 1.165) is 12.8 Å². The van der Waals surface area contributed by atoms with Crippen LogP contribution in [-0.4, -0.2) is 54.3 Å². The van der Waals surface area contributed by atoms with Crippen molar-refractivity contribution < 1.29 is 33.4 Å². The van der Waals surface area contributed by atoms with Crippen molar-refractivity contribution >= 4 is 35.5 Å². The van der Waals surface area contributed by atoms with E-state index < -0.39 is 42.1 Å². The number of amides is 2. The molecule has 2 amide bonds. The summed E-state index contributed by atoms with van der Waals surface area (Å²) in [5.74, 6) is -1.22. The number of likely N-dealkylation sites (N-methyl/N-ethyl adjacent to an activating group) is 1. The molecule has 0 bridgehead atoms. The molecule has 0 spiro atoms. The molecule has 1 saturated carbocycles. The number of carbonyl (C=O) groups is 4. The number of hydrogen-bond donors (Lipinski definition) is 1. The van der Waals surface area contributed by atoms with Gasteiger partial charge in [-0.1, -0.05) is 43.6 Å². The number of carbonyl (C=O) groups excluding carboxylic acids is 4. The number of hydrogen-bond acceptors (Lipinski definition) is 7. The Morgan fingerprint density at radius 1 is 1.14 bits per heavy atom. The number of nitrogens with one attached hydrogen (secondary N) is 1. The Morgan fingerprint density at radius 3 is 2.37 bits per heavy atom. The lowest BCUT2D eigenvalue weighted by molar-refractivity contribution is -0.157. The number of rotatable bonds is 7. The van der Waals surface area contributed by atoms with E-state index in [1.165, 1.54) is 11.9 Å². The van der Waals surface area contributed by atoms with E-state index in [-0.39, 0.29) is 11.7 Å². The van der Waals surface area contributed by atoms with Crippen LogP contribution in [0.15, 0.2) is 24.3 Å². The molecule has 9 nitrogen and oxygen atoms in total. The number of ether oxygens (including phenoxy) is 3. The van der Waals surface area contributed by atoms with Crippen molar-refractivity contribution in [3.05, 3.63) is 34.9 Å². The summed E-state index contributed by atoms with van der Waals surface area (Å²) < 4.78 is 15.5. The van der Waals surface area contributed by atoms with Crippen LogP contribution in [-0.2, 0) is 29.3 Å². The first kappa shape index (κ1) is 28.4. The van der Waals surface area contributed by atoms with Crippen molar-refractivity contribution in [1.82, 2.24) is 10.2 Å². The van der Waals surface area contributed by atoms with Crippen LogP contribution in [0.5, 0.6) is 0 Å². The topological polar surface area (TPSA) is 111 Å². The van der Waals surface area contributed by atoms with Crippen LogP contribution < -0.4 is 5.32 Å². The number of Topliss-reactive ketones (excluding diaryl/α,β-unsaturated/α-hetero) is 1. The third kappa shape index (κ3) is 7.10. The second-order valence-electron chi connectivity index (χ2n) is 9.89. The average molecular weight is 511 g/mol. The summed E-state index contributed by atoms with van der Waals surface area (Å²) in [6.07, 6.45) is 0.569. The molecule has 194 valence electrons. The molecule has 0 unspecified atom stereocenters. The summed E-state index contributed by atoms with van der Waals surface area (Å²) in [5, 5.41) is 2.86. The zero-order valence-corrected chi connectivity index (χ0v) is 21.9. The molecule has 0 radical (unpaired) electrons. The van der Waals surface area contributed by atoms with E-state index in [0.29, 0.717) is 23.4 Å². The van der Waals surface area contributed by atoms with Crippen molar-refractivity contribution in [2.24, 2.45) is 5.92 Å². The lowest BCUT2D eigenvalue weighted by Gasteiger charge is -2.43. The minimum atomic E-state index is -1.27. The van der Waals surface area contributed by atoms with Crippen LogP contribution in [0.1, 0.15) is 65.9 Å². The van der Waals surface area contributed by atoms with Gasteiger partial charge in [-0.15, -0.1) is 0 Å². The van der Waals surface area contributed by atoms with Crippen LogP contribution in [0.25, 0.3) is 0 Å². The number of benzene rings is 1. The zero-order chi connectivity index (χ0) is 26.4. The van der Waals surface area contributed by atoms with E-state index in [1.54, 1.807) is 58.9 Å². The number of nitrogens with zero attached hydrogens (tertiary/aromatic N) is 1.